The van der Waals surface area contributed by atoms with Crippen LogP contribution in [0.4, 0.5) is 11.9 Å². The predicted molar refractivity (Wildman–Crippen MR) is 86.8 cm³/mol. The van der Waals surface area contributed by atoms with Crippen molar-refractivity contribution in [2.24, 2.45) is 0 Å². The molecule has 6 nitrogen and oxygen atoms in total. The number of aromatic nitrogens is 3. The Balaban J connectivity index is 1.44. The maximum Gasteiger partial charge on any atom is 0.243 e. The molecule has 0 spiro atoms. The summed E-state index contributed by atoms with van der Waals surface area (Å²) in [7, 11) is 0. The number of carbonyl (C=O) groups excluding carboxylic acids is 1. The molecule has 6 heteroatoms. The number of hydrogen-bond acceptors (Lipinski definition) is 5. The third-order valence-corrected chi connectivity index (χ3v) is 4.35. The van der Waals surface area contributed by atoms with Crippen LogP contribution in [0.5, 0.6) is 0 Å². The summed E-state index contributed by atoms with van der Waals surface area (Å²) in [5.74, 6) is 1.54. The minimum absolute atomic E-state index is 0.200. The van der Waals surface area contributed by atoms with Crippen LogP contribution in [0.2, 0.25) is 0 Å². The van der Waals surface area contributed by atoms with Gasteiger partial charge in [-0.05, 0) is 18.4 Å². The van der Waals surface area contributed by atoms with Crippen LogP contribution in [0, 0.1) is 0 Å². The largest absolute Gasteiger partial charge is 0.353 e. The average molecular weight is 303 g/mol. The molecule has 2 aliphatic rings. The number of allylic oxidation sites excluding steroid dienone is 2. The number of fused-ring (bicyclic) bond motifs is 1. The number of ketones is 1. The van der Waals surface area contributed by atoms with Crippen LogP contribution in [0.3, 0.4) is 0 Å². The number of nitrogens with one attached hydrogen (secondary N) is 2. The molecule has 3 rings (SSSR count). The zero-order valence-electron chi connectivity index (χ0n) is 13.3. The SMILES string of the molecule is CCCCCCCCNc1nc2n(n1)CC1=C(N2)C(=O)CC1. The van der Waals surface area contributed by atoms with Crippen molar-refractivity contribution in [1.29, 1.82) is 0 Å². The molecule has 1 aromatic rings. The first-order valence-corrected chi connectivity index (χ1v) is 8.49. The molecule has 1 aromatic heterocycles. The van der Waals surface area contributed by atoms with Crippen LogP contribution >= 0.6 is 0 Å². The summed E-state index contributed by atoms with van der Waals surface area (Å²) in [5, 5.41) is 10.9. The summed E-state index contributed by atoms with van der Waals surface area (Å²) >= 11 is 0. The van der Waals surface area contributed by atoms with E-state index in [9.17, 15) is 4.79 Å². The number of rotatable bonds is 8. The fourth-order valence-electron chi connectivity index (χ4n) is 3.05. The van der Waals surface area contributed by atoms with Gasteiger partial charge >= 0.3 is 0 Å². The first-order chi connectivity index (χ1) is 10.8. The third kappa shape index (κ3) is 3.31. The van der Waals surface area contributed by atoms with E-state index in [-0.39, 0.29) is 5.78 Å². The Morgan fingerprint density at radius 2 is 2.00 bits per heavy atom. The molecule has 0 atom stereocenters. The monoisotopic (exact) mass is 303 g/mol. The van der Waals surface area contributed by atoms with E-state index in [4.69, 9.17) is 0 Å². The van der Waals surface area contributed by atoms with E-state index in [0.717, 1.165) is 30.7 Å². The van der Waals surface area contributed by atoms with Gasteiger partial charge in [-0.15, -0.1) is 5.10 Å². The lowest BCUT2D eigenvalue weighted by atomic mass is 10.1. The van der Waals surface area contributed by atoms with Gasteiger partial charge in [0.25, 0.3) is 0 Å². The number of hydrogen-bond donors (Lipinski definition) is 2. The molecular weight excluding hydrogens is 278 g/mol. The summed E-state index contributed by atoms with van der Waals surface area (Å²) in [6.07, 6.45) is 9.14. The molecule has 1 aliphatic carbocycles. The topological polar surface area (TPSA) is 71.8 Å². The molecular formula is C16H25N5O. The maximum atomic E-state index is 11.8. The molecule has 22 heavy (non-hydrogen) atoms. The lowest BCUT2D eigenvalue weighted by Crippen LogP contribution is -2.19. The molecule has 0 radical (unpaired) electrons. The highest BCUT2D eigenvalue weighted by molar-refractivity contribution is 6.01. The molecule has 0 aromatic carbocycles. The van der Waals surface area contributed by atoms with Crippen LogP contribution < -0.4 is 10.6 Å². The van der Waals surface area contributed by atoms with E-state index in [2.05, 4.69) is 27.6 Å². The Hall–Kier alpha value is -1.85. The number of anilines is 2. The number of unbranched alkanes of at least 4 members (excludes halogenated alkanes) is 5. The molecule has 120 valence electrons. The second-order valence-corrected chi connectivity index (χ2v) is 6.14. The van der Waals surface area contributed by atoms with Crippen LogP contribution in [0.15, 0.2) is 11.3 Å². The van der Waals surface area contributed by atoms with Crippen molar-refractivity contribution in [2.45, 2.75) is 64.8 Å². The normalized spacial score (nSPS) is 16.5. The van der Waals surface area contributed by atoms with Gasteiger partial charge in [0.2, 0.25) is 11.9 Å². The van der Waals surface area contributed by atoms with Gasteiger partial charge in [0.15, 0.2) is 5.78 Å². The third-order valence-electron chi connectivity index (χ3n) is 4.35. The maximum absolute atomic E-state index is 11.8. The smallest absolute Gasteiger partial charge is 0.243 e. The highest BCUT2D eigenvalue weighted by atomic mass is 16.1. The second kappa shape index (κ2) is 6.94. The quantitative estimate of drug-likeness (QED) is 0.722. The Morgan fingerprint density at radius 3 is 2.86 bits per heavy atom. The summed E-state index contributed by atoms with van der Waals surface area (Å²) < 4.78 is 1.85. The summed E-state index contributed by atoms with van der Waals surface area (Å²) in [6, 6.07) is 0. The van der Waals surface area contributed by atoms with Crippen molar-refractivity contribution in [3.63, 3.8) is 0 Å². The van der Waals surface area contributed by atoms with Gasteiger partial charge in [0.1, 0.15) is 0 Å². The van der Waals surface area contributed by atoms with Gasteiger partial charge in [0.05, 0.1) is 12.2 Å². The first kappa shape index (κ1) is 15.1. The fourth-order valence-corrected chi connectivity index (χ4v) is 3.05. The minimum atomic E-state index is 0.200. The van der Waals surface area contributed by atoms with Gasteiger partial charge in [0, 0.05) is 13.0 Å². The van der Waals surface area contributed by atoms with E-state index in [1.165, 1.54) is 32.1 Å². The van der Waals surface area contributed by atoms with Crippen molar-refractivity contribution in [3.05, 3.63) is 11.3 Å². The Bertz CT molecular complexity index is 575. The molecule has 0 bridgehead atoms. The standard InChI is InChI=1S/C16H25N5O/c1-2-3-4-5-6-7-10-17-15-19-16-18-14-12(8-9-13(14)22)11-21(16)20-15/h2-11H2,1H3,(H2,17,18,19,20). The summed E-state index contributed by atoms with van der Waals surface area (Å²) in [4.78, 5) is 16.2. The van der Waals surface area contributed by atoms with Crippen LogP contribution in [0.25, 0.3) is 0 Å². The zero-order chi connectivity index (χ0) is 15.4. The minimum Gasteiger partial charge on any atom is -0.353 e. The Kier molecular flexibility index (Phi) is 4.75. The molecule has 2 N–H and O–H groups in total. The number of carbonyl (C=O) groups is 1. The van der Waals surface area contributed by atoms with Gasteiger partial charge in [-0.1, -0.05) is 39.0 Å². The van der Waals surface area contributed by atoms with Crippen LogP contribution in [-0.4, -0.2) is 27.1 Å². The Labute approximate surface area is 131 Å². The molecule has 0 saturated heterocycles. The van der Waals surface area contributed by atoms with Crippen molar-refractivity contribution >= 4 is 17.7 Å². The highest BCUT2D eigenvalue weighted by Crippen LogP contribution is 2.30. The molecule has 0 saturated carbocycles. The van der Waals surface area contributed by atoms with Crippen LogP contribution in [0.1, 0.15) is 58.3 Å². The second-order valence-electron chi connectivity index (χ2n) is 6.14. The molecule has 1 aliphatic heterocycles. The van der Waals surface area contributed by atoms with E-state index in [0.29, 0.717) is 24.9 Å². The lowest BCUT2D eigenvalue weighted by molar-refractivity contribution is -0.114. The van der Waals surface area contributed by atoms with E-state index in [1.807, 2.05) is 4.68 Å². The summed E-state index contributed by atoms with van der Waals surface area (Å²) in [5.41, 5.74) is 1.91. The van der Waals surface area contributed by atoms with Crippen LogP contribution in [-0.2, 0) is 11.3 Å². The van der Waals surface area contributed by atoms with Gasteiger partial charge in [-0.3, -0.25) is 4.79 Å². The lowest BCUT2D eigenvalue weighted by Gasteiger charge is -2.15. The van der Waals surface area contributed by atoms with Gasteiger partial charge < -0.3 is 10.6 Å². The van der Waals surface area contributed by atoms with Crippen molar-refractivity contribution in [2.75, 3.05) is 17.2 Å². The number of Topliss-reactive ketones (excluding diaryl/α,β-unsaturated/α-hetero) is 1. The van der Waals surface area contributed by atoms with E-state index >= 15 is 0 Å². The van der Waals surface area contributed by atoms with Crippen molar-refractivity contribution in [1.82, 2.24) is 14.8 Å². The van der Waals surface area contributed by atoms with Crippen molar-refractivity contribution in [3.8, 4) is 0 Å². The van der Waals surface area contributed by atoms with E-state index in [1.54, 1.807) is 0 Å². The summed E-state index contributed by atoms with van der Waals surface area (Å²) in [6.45, 7) is 3.83. The van der Waals surface area contributed by atoms with Gasteiger partial charge in [-0.25, -0.2) is 4.68 Å². The molecule has 0 amide bonds. The average Bonchev–Trinajstić information content (AvgIpc) is 3.07. The first-order valence-electron chi connectivity index (χ1n) is 8.49. The molecule has 0 fully saturated rings. The van der Waals surface area contributed by atoms with E-state index < -0.39 is 0 Å². The predicted octanol–water partition coefficient (Wildman–Crippen LogP) is 3.09. The Morgan fingerprint density at radius 1 is 1.18 bits per heavy atom. The fraction of sp³-hybridized carbons (Fsp3) is 0.688. The highest BCUT2D eigenvalue weighted by Gasteiger charge is 2.29. The molecule has 2 heterocycles. The number of nitrogens with zero attached hydrogens (tertiary/aromatic N) is 3. The zero-order valence-corrected chi connectivity index (χ0v) is 13.3. The van der Waals surface area contributed by atoms with Crippen molar-refractivity contribution < 1.29 is 4.79 Å². The molecule has 0 unspecified atom stereocenters. The van der Waals surface area contributed by atoms with Gasteiger partial charge in [-0.2, -0.15) is 4.98 Å².